The first-order valence-electron chi connectivity index (χ1n) is 5.95. The molecule has 0 aliphatic rings. The number of carboxylic acid groups (broad SMARTS) is 1. The molecule has 20 heavy (non-hydrogen) atoms. The summed E-state index contributed by atoms with van der Waals surface area (Å²) in [6, 6.07) is 4.89. The quantitative estimate of drug-likeness (QED) is 0.850. The van der Waals surface area contributed by atoms with Crippen molar-refractivity contribution in [3.63, 3.8) is 0 Å². The first-order chi connectivity index (χ1) is 9.19. The lowest BCUT2D eigenvalue weighted by molar-refractivity contribution is -0.140. The van der Waals surface area contributed by atoms with E-state index in [9.17, 15) is 13.2 Å². The lowest BCUT2D eigenvalue weighted by Gasteiger charge is -2.18. The van der Waals surface area contributed by atoms with Crippen LogP contribution in [-0.4, -0.2) is 25.5 Å². The number of carboxylic acids is 1. The van der Waals surface area contributed by atoms with Gasteiger partial charge < -0.3 is 5.11 Å². The van der Waals surface area contributed by atoms with E-state index < -0.39 is 28.0 Å². The Morgan fingerprint density at radius 3 is 2.45 bits per heavy atom. The lowest BCUT2D eigenvalue weighted by Crippen LogP contribution is -2.44. The number of nitrogens with zero attached hydrogens (tertiary/aromatic N) is 1. The lowest BCUT2D eigenvalue weighted by atomic mass is 10.1. The van der Waals surface area contributed by atoms with E-state index in [0.29, 0.717) is 5.56 Å². The normalized spacial score (nSPS) is 12.9. The average molecular weight is 296 g/mol. The predicted octanol–water partition coefficient (Wildman–Crippen LogP) is 1.25. The van der Waals surface area contributed by atoms with Crippen LogP contribution in [0, 0.1) is 24.2 Å². The number of nitriles is 1. The Kier molecular flexibility index (Phi) is 4.87. The summed E-state index contributed by atoms with van der Waals surface area (Å²) >= 11 is 0. The van der Waals surface area contributed by atoms with Crippen LogP contribution in [0.25, 0.3) is 0 Å². The second-order valence-electron chi connectivity index (χ2n) is 4.77. The van der Waals surface area contributed by atoms with Gasteiger partial charge in [-0.2, -0.15) is 9.98 Å². The number of rotatable bonds is 5. The second kappa shape index (κ2) is 6.03. The number of sulfonamides is 1. The summed E-state index contributed by atoms with van der Waals surface area (Å²) in [7, 11) is -3.99. The monoisotopic (exact) mass is 296 g/mol. The summed E-state index contributed by atoms with van der Waals surface area (Å²) in [6.45, 7) is 4.81. The van der Waals surface area contributed by atoms with E-state index in [4.69, 9.17) is 10.4 Å². The van der Waals surface area contributed by atoms with Crippen LogP contribution in [0.15, 0.2) is 23.1 Å². The van der Waals surface area contributed by atoms with Crippen LogP contribution in [0.4, 0.5) is 0 Å². The number of aliphatic carboxylic acids is 1. The fourth-order valence-corrected chi connectivity index (χ4v) is 3.27. The van der Waals surface area contributed by atoms with Gasteiger partial charge >= 0.3 is 5.97 Å². The van der Waals surface area contributed by atoms with Gasteiger partial charge in [-0.15, -0.1) is 0 Å². The molecule has 1 aromatic carbocycles. The van der Waals surface area contributed by atoms with Crippen molar-refractivity contribution >= 4 is 16.0 Å². The SMILES string of the molecule is Cc1ccc(C#N)cc1S(=O)(=O)N[C@@H](C(=O)O)C(C)C. The Hall–Kier alpha value is -1.91. The van der Waals surface area contributed by atoms with Crippen LogP contribution in [0.5, 0.6) is 0 Å². The minimum atomic E-state index is -3.99. The highest BCUT2D eigenvalue weighted by Gasteiger charge is 2.28. The summed E-state index contributed by atoms with van der Waals surface area (Å²) in [5.41, 5.74) is 0.650. The third-order valence-corrected chi connectivity index (χ3v) is 4.40. The molecule has 1 atom stereocenters. The Labute approximate surface area is 118 Å². The van der Waals surface area contributed by atoms with Crippen LogP contribution in [0.1, 0.15) is 25.0 Å². The fraction of sp³-hybridized carbons (Fsp3) is 0.385. The molecule has 0 aromatic heterocycles. The number of hydrogen-bond acceptors (Lipinski definition) is 4. The number of benzene rings is 1. The van der Waals surface area contributed by atoms with Crippen molar-refractivity contribution in [3.8, 4) is 6.07 Å². The summed E-state index contributed by atoms with van der Waals surface area (Å²) in [6.07, 6.45) is 0. The molecule has 7 heteroatoms. The highest BCUT2D eigenvalue weighted by atomic mass is 32.2. The van der Waals surface area contributed by atoms with E-state index in [2.05, 4.69) is 4.72 Å². The molecule has 6 nitrogen and oxygen atoms in total. The zero-order chi connectivity index (χ0) is 15.5. The minimum Gasteiger partial charge on any atom is -0.480 e. The smallest absolute Gasteiger partial charge is 0.322 e. The van der Waals surface area contributed by atoms with Gasteiger partial charge in [-0.3, -0.25) is 4.79 Å². The highest BCUT2D eigenvalue weighted by Crippen LogP contribution is 2.18. The average Bonchev–Trinajstić information content (AvgIpc) is 2.35. The van der Waals surface area contributed by atoms with Gasteiger partial charge in [-0.05, 0) is 30.5 Å². The van der Waals surface area contributed by atoms with Gasteiger partial charge in [-0.1, -0.05) is 19.9 Å². The highest BCUT2D eigenvalue weighted by molar-refractivity contribution is 7.89. The molecular weight excluding hydrogens is 280 g/mol. The van der Waals surface area contributed by atoms with Gasteiger partial charge in [0.2, 0.25) is 10.0 Å². The maximum absolute atomic E-state index is 12.3. The van der Waals surface area contributed by atoms with Crippen molar-refractivity contribution in [2.45, 2.75) is 31.7 Å². The standard InChI is InChI=1S/C13H16N2O4S/c1-8(2)12(13(16)17)15-20(18,19)11-6-10(7-14)5-4-9(11)3/h4-6,8,12,15H,1-3H3,(H,16,17)/t12-/m1/s1. The van der Waals surface area contributed by atoms with Gasteiger partial charge in [0.15, 0.2) is 0 Å². The van der Waals surface area contributed by atoms with Crippen molar-refractivity contribution in [2.75, 3.05) is 0 Å². The molecule has 0 saturated carbocycles. The van der Waals surface area contributed by atoms with E-state index in [0.717, 1.165) is 0 Å². The summed E-state index contributed by atoms with van der Waals surface area (Å²) in [5.74, 6) is -1.64. The molecule has 0 aliphatic heterocycles. The van der Waals surface area contributed by atoms with E-state index in [-0.39, 0.29) is 10.5 Å². The van der Waals surface area contributed by atoms with Crippen LogP contribution in [0.2, 0.25) is 0 Å². The topological polar surface area (TPSA) is 107 Å². The van der Waals surface area contributed by atoms with E-state index >= 15 is 0 Å². The fourth-order valence-electron chi connectivity index (χ4n) is 1.66. The van der Waals surface area contributed by atoms with Crippen molar-refractivity contribution < 1.29 is 18.3 Å². The summed E-state index contributed by atoms with van der Waals surface area (Å²) in [5, 5.41) is 17.9. The van der Waals surface area contributed by atoms with Crippen LogP contribution in [-0.2, 0) is 14.8 Å². The summed E-state index contributed by atoms with van der Waals surface area (Å²) in [4.78, 5) is 11.0. The third kappa shape index (κ3) is 3.56. The molecule has 0 aliphatic carbocycles. The molecule has 0 saturated heterocycles. The number of hydrogen-bond donors (Lipinski definition) is 2. The molecule has 0 fully saturated rings. The molecule has 0 radical (unpaired) electrons. The Bertz CT molecular complexity index is 659. The third-order valence-electron chi connectivity index (χ3n) is 2.82. The maximum atomic E-state index is 12.3. The molecule has 1 aromatic rings. The largest absolute Gasteiger partial charge is 0.480 e. The first kappa shape index (κ1) is 16.1. The Morgan fingerprint density at radius 1 is 1.40 bits per heavy atom. The van der Waals surface area contributed by atoms with Gasteiger partial charge in [0.25, 0.3) is 0 Å². The van der Waals surface area contributed by atoms with Gasteiger partial charge in [0.05, 0.1) is 16.5 Å². The zero-order valence-electron chi connectivity index (χ0n) is 11.4. The van der Waals surface area contributed by atoms with Crippen molar-refractivity contribution in [2.24, 2.45) is 5.92 Å². The van der Waals surface area contributed by atoms with Gasteiger partial charge in [0.1, 0.15) is 6.04 Å². The second-order valence-corrected chi connectivity index (χ2v) is 6.46. The Morgan fingerprint density at radius 2 is 2.00 bits per heavy atom. The van der Waals surface area contributed by atoms with E-state index in [1.807, 2.05) is 6.07 Å². The summed E-state index contributed by atoms with van der Waals surface area (Å²) < 4.78 is 26.7. The zero-order valence-corrected chi connectivity index (χ0v) is 12.2. The number of carbonyl (C=O) groups is 1. The molecule has 0 heterocycles. The molecule has 0 amide bonds. The molecule has 108 valence electrons. The van der Waals surface area contributed by atoms with Crippen molar-refractivity contribution in [1.29, 1.82) is 5.26 Å². The molecule has 1 rings (SSSR count). The van der Waals surface area contributed by atoms with E-state index in [1.165, 1.54) is 18.2 Å². The molecule has 2 N–H and O–H groups in total. The van der Waals surface area contributed by atoms with Crippen LogP contribution >= 0.6 is 0 Å². The maximum Gasteiger partial charge on any atom is 0.322 e. The molecule has 0 unspecified atom stereocenters. The molecule has 0 bridgehead atoms. The Balaban J connectivity index is 3.24. The van der Waals surface area contributed by atoms with Crippen LogP contribution < -0.4 is 4.72 Å². The molecular formula is C13H16N2O4S. The predicted molar refractivity (Wildman–Crippen MR) is 72.5 cm³/mol. The number of aryl methyl sites for hydroxylation is 1. The van der Waals surface area contributed by atoms with Gasteiger partial charge in [0, 0.05) is 0 Å². The van der Waals surface area contributed by atoms with Crippen molar-refractivity contribution in [3.05, 3.63) is 29.3 Å². The first-order valence-corrected chi connectivity index (χ1v) is 7.43. The van der Waals surface area contributed by atoms with Crippen molar-refractivity contribution in [1.82, 2.24) is 4.72 Å². The van der Waals surface area contributed by atoms with Gasteiger partial charge in [-0.25, -0.2) is 8.42 Å². The van der Waals surface area contributed by atoms with Crippen LogP contribution in [0.3, 0.4) is 0 Å². The van der Waals surface area contributed by atoms with E-state index in [1.54, 1.807) is 20.8 Å². The number of nitrogens with one attached hydrogen (secondary N) is 1. The minimum absolute atomic E-state index is 0.0801. The molecule has 0 spiro atoms.